The Bertz CT molecular complexity index is 310. The zero-order chi connectivity index (χ0) is 9.84. The van der Waals surface area contributed by atoms with Gasteiger partial charge in [-0.3, -0.25) is 9.69 Å². The van der Waals surface area contributed by atoms with E-state index in [9.17, 15) is 9.59 Å². The second kappa shape index (κ2) is 3.90. The highest BCUT2D eigenvalue weighted by molar-refractivity contribution is 7.14. The minimum atomic E-state index is -1.09. The average Bonchev–Trinajstić information content (AvgIpc) is 2.50. The van der Waals surface area contributed by atoms with Crippen molar-refractivity contribution in [2.75, 3.05) is 11.4 Å². The maximum absolute atomic E-state index is 10.8. The van der Waals surface area contributed by atoms with Gasteiger partial charge < -0.3 is 10.8 Å². The number of thiophene rings is 1. The SMILES string of the molecule is NC(=O)N(CC(=O)O)c1cccs1. The lowest BCUT2D eigenvalue weighted by Crippen LogP contribution is -2.39. The van der Waals surface area contributed by atoms with Gasteiger partial charge in [0, 0.05) is 0 Å². The summed E-state index contributed by atoms with van der Waals surface area (Å²) >= 11 is 1.26. The highest BCUT2D eigenvalue weighted by Gasteiger charge is 2.16. The van der Waals surface area contributed by atoms with Crippen LogP contribution >= 0.6 is 11.3 Å². The zero-order valence-corrected chi connectivity index (χ0v) is 7.45. The second-order valence-corrected chi connectivity index (χ2v) is 3.20. The smallest absolute Gasteiger partial charge is 0.323 e. The molecule has 6 heteroatoms. The van der Waals surface area contributed by atoms with E-state index in [1.807, 2.05) is 0 Å². The fourth-order valence-corrected chi connectivity index (χ4v) is 1.56. The number of hydrogen-bond acceptors (Lipinski definition) is 3. The molecule has 0 spiro atoms. The van der Waals surface area contributed by atoms with Gasteiger partial charge in [-0.05, 0) is 17.5 Å². The molecule has 2 amide bonds. The molecule has 0 atom stereocenters. The molecule has 0 aromatic carbocycles. The van der Waals surface area contributed by atoms with Crippen molar-refractivity contribution < 1.29 is 14.7 Å². The molecule has 5 nitrogen and oxygen atoms in total. The number of nitrogens with two attached hydrogens (primary N) is 1. The number of carbonyl (C=O) groups is 2. The average molecular weight is 200 g/mol. The molecule has 0 aliphatic heterocycles. The lowest BCUT2D eigenvalue weighted by Gasteiger charge is -2.14. The first kappa shape index (κ1) is 9.53. The van der Waals surface area contributed by atoms with Gasteiger partial charge in [0.25, 0.3) is 0 Å². The van der Waals surface area contributed by atoms with Gasteiger partial charge in [-0.1, -0.05) is 0 Å². The van der Waals surface area contributed by atoms with Crippen molar-refractivity contribution in [3.05, 3.63) is 17.5 Å². The molecule has 1 heterocycles. The van der Waals surface area contributed by atoms with Crippen LogP contribution in [-0.2, 0) is 4.79 Å². The molecule has 13 heavy (non-hydrogen) atoms. The van der Waals surface area contributed by atoms with Gasteiger partial charge in [0.1, 0.15) is 6.54 Å². The summed E-state index contributed by atoms with van der Waals surface area (Å²) in [5.41, 5.74) is 5.01. The number of hydrogen-bond donors (Lipinski definition) is 2. The van der Waals surface area contributed by atoms with Crippen molar-refractivity contribution in [1.82, 2.24) is 0 Å². The number of rotatable bonds is 3. The van der Waals surface area contributed by atoms with Crippen LogP contribution in [0.3, 0.4) is 0 Å². The Hall–Kier alpha value is -1.56. The molecule has 3 N–H and O–H groups in total. The number of primary amides is 1. The third-order valence-electron chi connectivity index (χ3n) is 1.33. The van der Waals surface area contributed by atoms with Crippen molar-refractivity contribution in [1.29, 1.82) is 0 Å². The van der Waals surface area contributed by atoms with Gasteiger partial charge in [0.05, 0.1) is 5.00 Å². The number of anilines is 1. The molecule has 70 valence electrons. The third kappa shape index (κ3) is 2.45. The summed E-state index contributed by atoms with van der Waals surface area (Å²) in [7, 11) is 0. The van der Waals surface area contributed by atoms with E-state index in [1.165, 1.54) is 11.3 Å². The van der Waals surface area contributed by atoms with Gasteiger partial charge in [0.2, 0.25) is 0 Å². The van der Waals surface area contributed by atoms with E-state index in [1.54, 1.807) is 17.5 Å². The Kier molecular flexibility index (Phi) is 2.86. The zero-order valence-electron chi connectivity index (χ0n) is 6.64. The largest absolute Gasteiger partial charge is 0.480 e. The molecule has 0 saturated carbocycles. The quantitative estimate of drug-likeness (QED) is 0.753. The summed E-state index contributed by atoms with van der Waals surface area (Å²) in [6, 6.07) is 2.60. The first-order valence-corrected chi connectivity index (χ1v) is 4.31. The molecule has 1 aromatic rings. The molecule has 0 bridgehead atoms. The summed E-state index contributed by atoms with van der Waals surface area (Å²) in [5, 5.41) is 10.8. The molecular weight excluding hydrogens is 192 g/mol. The summed E-state index contributed by atoms with van der Waals surface area (Å²) in [5.74, 6) is -1.09. The fourth-order valence-electron chi connectivity index (χ4n) is 0.823. The van der Waals surface area contributed by atoms with E-state index in [4.69, 9.17) is 10.8 Å². The minimum absolute atomic E-state index is 0.407. The third-order valence-corrected chi connectivity index (χ3v) is 2.22. The predicted octanol–water partition coefficient (Wildman–Crippen LogP) is 0.718. The summed E-state index contributed by atoms with van der Waals surface area (Å²) in [4.78, 5) is 22.2. The number of amides is 2. The molecule has 0 aliphatic carbocycles. The van der Waals surface area contributed by atoms with E-state index in [0.29, 0.717) is 5.00 Å². The van der Waals surface area contributed by atoms with E-state index >= 15 is 0 Å². The Balaban J connectivity index is 2.81. The number of carboxylic acid groups (broad SMARTS) is 1. The van der Waals surface area contributed by atoms with Crippen molar-refractivity contribution in [2.45, 2.75) is 0 Å². The Morgan fingerprint density at radius 3 is 2.69 bits per heavy atom. The molecule has 0 saturated heterocycles. The first-order valence-electron chi connectivity index (χ1n) is 3.43. The highest BCUT2D eigenvalue weighted by Crippen LogP contribution is 2.20. The van der Waals surface area contributed by atoms with Crippen LogP contribution in [0.4, 0.5) is 9.80 Å². The van der Waals surface area contributed by atoms with Crippen molar-refractivity contribution in [3.63, 3.8) is 0 Å². The lowest BCUT2D eigenvalue weighted by atomic mass is 10.5. The van der Waals surface area contributed by atoms with Crippen LogP contribution < -0.4 is 10.6 Å². The van der Waals surface area contributed by atoms with Crippen molar-refractivity contribution >= 4 is 28.3 Å². The Labute approximate surface area is 78.4 Å². The Morgan fingerprint density at radius 1 is 1.62 bits per heavy atom. The fraction of sp³-hybridized carbons (Fsp3) is 0.143. The van der Waals surface area contributed by atoms with Crippen LogP contribution in [0, 0.1) is 0 Å². The van der Waals surface area contributed by atoms with Gasteiger partial charge in [-0.25, -0.2) is 4.79 Å². The number of urea groups is 1. The lowest BCUT2D eigenvalue weighted by molar-refractivity contribution is -0.135. The standard InChI is InChI=1S/C7H8N2O3S/c8-7(12)9(4-6(10)11)5-2-1-3-13-5/h1-3H,4H2,(H2,8,12)(H,10,11). The number of nitrogens with zero attached hydrogens (tertiary/aromatic N) is 1. The maximum Gasteiger partial charge on any atom is 0.323 e. The minimum Gasteiger partial charge on any atom is -0.480 e. The highest BCUT2D eigenvalue weighted by atomic mass is 32.1. The summed E-state index contributed by atoms with van der Waals surface area (Å²) in [6.45, 7) is -0.407. The molecular formula is C7H8N2O3S. The van der Waals surface area contributed by atoms with Crippen molar-refractivity contribution in [2.24, 2.45) is 5.73 Å². The summed E-state index contributed by atoms with van der Waals surface area (Å²) < 4.78 is 0. The molecule has 1 aromatic heterocycles. The Morgan fingerprint density at radius 2 is 2.31 bits per heavy atom. The number of carbonyl (C=O) groups excluding carboxylic acids is 1. The van der Waals surface area contributed by atoms with Crippen LogP contribution in [0.1, 0.15) is 0 Å². The normalized spacial score (nSPS) is 9.54. The van der Waals surface area contributed by atoms with Gasteiger partial charge in [-0.2, -0.15) is 0 Å². The van der Waals surface area contributed by atoms with E-state index in [0.717, 1.165) is 4.90 Å². The van der Waals surface area contributed by atoms with Gasteiger partial charge in [-0.15, -0.1) is 11.3 Å². The molecule has 0 fully saturated rings. The van der Waals surface area contributed by atoms with E-state index in [-0.39, 0.29) is 0 Å². The molecule has 0 unspecified atom stereocenters. The number of carboxylic acids is 1. The predicted molar refractivity (Wildman–Crippen MR) is 48.9 cm³/mol. The van der Waals surface area contributed by atoms with E-state index in [2.05, 4.69) is 0 Å². The van der Waals surface area contributed by atoms with Crippen LogP contribution in [0.25, 0.3) is 0 Å². The second-order valence-electron chi connectivity index (χ2n) is 2.27. The van der Waals surface area contributed by atoms with Gasteiger partial charge in [0.15, 0.2) is 0 Å². The van der Waals surface area contributed by atoms with Crippen LogP contribution in [0.15, 0.2) is 17.5 Å². The first-order chi connectivity index (χ1) is 6.11. The monoisotopic (exact) mass is 200 g/mol. The molecule has 1 rings (SSSR count). The topological polar surface area (TPSA) is 83.6 Å². The van der Waals surface area contributed by atoms with Crippen LogP contribution in [0.5, 0.6) is 0 Å². The van der Waals surface area contributed by atoms with Crippen LogP contribution in [0.2, 0.25) is 0 Å². The molecule has 0 radical (unpaired) electrons. The molecule has 0 aliphatic rings. The van der Waals surface area contributed by atoms with Gasteiger partial charge >= 0.3 is 12.0 Å². The van der Waals surface area contributed by atoms with Crippen LogP contribution in [-0.4, -0.2) is 23.7 Å². The number of aliphatic carboxylic acids is 1. The van der Waals surface area contributed by atoms with E-state index < -0.39 is 18.5 Å². The van der Waals surface area contributed by atoms with Crippen molar-refractivity contribution in [3.8, 4) is 0 Å². The summed E-state index contributed by atoms with van der Waals surface area (Å²) in [6.07, 6.45) is 0. The maximum atomic E-state index is 10.8.